The summed E-state index contributed by atoms with van der Waals surface area (Å²) in [4.78, 5) is 13.3. The lowest BCUT2D eigenvalue weighted by molar-refractivity contribution is -0.115. The van der Waals surface area contributed by atoms with E-state index < -0.39 is 0 Å². The van der Waals surface area contributed by atoms with Gasteiger partial charge in [0.2, 0.25) is 5.91 Å². The van der Waals surface area contributed by atoms with Gasteiger partial charge in [0.15, 0.2) is 11.5 Å². The number of hydrogen-bond donors (Lipinski definition) is 1. The van der Waals surface area contributed by atoms with Crippen LogP contribution in [0.1, 0.15) is 12.5 Å². The van der Waals surface area contributed by atoms with Crippen molar-refractivity contribution in [2.75, 3.05) is 19.5 Å². The Morgan fingerprint density at radius 1 is 1.09 bits per heavy atom. The Labute approximate surface area is 141 Å². The Hall–Kier alpha value is -2.14. The molecule has 122 valence electrons. The van der Waals surface area contributed by atoms with E-state index in [1.54, 1.807) is 14.2 Å². The van der Waals surface area contributed by atoms with Gasteiger partial charge in [0.05, 0.1) is 19.5 Å². The van der Waals surface area contributed by atoms with Crippen LogP contribution in [0, 0.1) is 6.92 Å². The number of benzene rings is 2. The number of nitrogens with one attached hydrogen (secondary N) is 1. The number of carbonyl (C=O) groups is 1. The van der Waals surface area contributed by atoms with E-state index in [1.807, 2.05) is 56.3 Å². The minimum atomic E-state index is -0.229. The van der Waals surface area contributed by atoms with Crippen molar-refractivity contribution in [3.05, 3.63) is 48.0 Å². The Morgan fingerprint density at radius 3 is 2.43 bits per heavy atom. The summed E-state index contributed by atoms with van der Waals surface area (Å²) in [5.41, 5.74) is 1.89. The second-order valence-electron chi connectivity index (χ2n) is 5.08. The van der Waals surface area contributed by atoms with Gasteiger partial charge in [-0.05, 0) is 43.7 Å². The molecular formula is C18H21NO3S. The third kappa shape index (κ3) is 4.42. The lowest BCUT2D eigenvalue weighted by Gasteiger charge is -2.14. The number of ether oxygens (including phenoxy) is 2. The second-order valence-corrected chi connectivity index (χ2v) is 6.50. The fourth-order valence-electron chi connectivity index (χ4n) is 2.10. The molecule has 2 aromatic carbocycles. The molecule has 0 aliphatic carbocycles. The molecule has 23 heavy (non-hydrogen) atoms. The topological polar surface area (TPSA) is 47.6 Å². The summed E-state index contributed by atoms with van der Waals surface area (Å²) in [6, 6.07) is 13.4. The van der Waals surface area contributed by atoms with Crippen LogP contribution in [0.4, 0.5) is 5.69 Å². The number of thioether (sulfide) groups is 1. The zero-order chi connectivity index (χ0) is 16.8. The fraction of sp³-hybridized carbons (Fsp3) is 0.278. The Morgan fingerprint density at radius 2 is 1.78 bits per heavy atom. The van der Waals surface area contributed by atoms with E-state index in [0.717, 1.165) is 16.1 Å². The van der Waals surface area contributed by atoms with Gasteiger partial charge in [-0.3, -0.25) is 4.79 Å². The number of aryl methyl sites for hydroxylation is 1. The highest BCUT2D eigenvalue weighted by Gasteiger charge is 2.16. The predicted octanol–water partition coefficient (Wildman–Crippen LogP) is 4.13. The first-order chi connectivity index (χ1) is 11.0. The minimum absolute atomic E-state index is 0.0286. The Balaban J connectivity index is 2.05. The third-order valence-electron chi connectivity index (χ3n) is 3.44. The molecule has 1 amide bonds. The fourth-order valence-corrected chi connectivity index (χ4v) is 2.99. The molecule has 0 fully saturated rings. The molecule has 0 aromatic heterocycles. The number of carbonyl (C=O) groups excluding carboxylic acids is 1. The van der Waals surface area contributed by atoms with E-state index in [1.165, 1.54) is 11.8 Å². The molecule has 0 saturated heterocycles. The molecule has 5 heteroatoms. The molecule has 0 heterocycles. The lowest BCUT2D eigenvalue weighted by atomic mass is 10.2. The standard InChI is InChI=1S/C18H21NO3S/c1-12-7-5-6-8-15(12)19-18(20)13(2)23-14-9-10-16(21-3)17(11-14)22-4/h5-11,13H,1-4H3,(H,19,20)/t13-/m1/s1. The van der Waals surface area contributed by atoms with Crippen LogP contribution in [-0.2, 0) is 4.79 Å². The van der Waals surface area contributed by atoms with Gasteiger partial charge in [-0.2, -0.15) is 0 Å². The zero-order valence-electron chi connectivity index (χ0n) is 13.8. The smallest absolute Gasteiger partial charge is 0.237 e. The number of hydrogen-bond acceptors (Lipinski definition) is 4. The summed E-state index contributed by atoms with van der Waals surface area (Å²) >= 11 is 1.48. The third-order valence-corrected chi connectivity index (χ3v) is 4.53. The molecule has 1 atom stereocenters. The van der Waals surface area contributed by atoms with Crippen molar-refractivity contribution in [1.29, 1.82) is 0 Å². The lowest BCUT2D eigenvalue weighted by Crippen LogP contribution is -2.22. The minimum Gasteiger partial charge on any atom is -0.493 e. The molecule has 0 radical (unpaired) electrons. The highest BCUT2D eigenvalue weighted by Crippen LogP contribution is 2.33. The molecule has 4 nitrogen and oxygen atoms in total. The number of methoxy groups -OCH3 is 2. The number of para-hydroxylation sites is 1. The predicted molar refractivity (Wildman–Crippen MR) is 94.7 cm³/mol. The molecular weight excluding hydrogens is 310 g/mol. The van der Waals surface area contributed by atoms with Gasteiger partial charge in [0, 0.05) is 10.6 Å². The average molecular weight is 331 g/mol. The SMILES string of the molecule is COc1ccc(S[C@H](C)C(=O)Nc2ccccc2C)cc1OC. The summed E-state index contributed by atoms with van der Waals surface area (Å²) in [6.07, 6.45) is 0. The number of anilines is 1. The van der Waals surface area contributed by atoms with E-state index in [9.17, 15) is 4.79 Å². The van der Waals surface area contributed by atoms with Gasteiger partial charge in [-0.15, -0.1) is 11.8 Å². The monoisotopic (exact) mass is 331 g/mol. The summed E-state index contributed by atoms with van der Waals surface area (Å²) in [5.74, 6) is 1.30. The number of amides is 1. The summed E-state index contributed by atoms with van der Waals surface area (Å²) < 4.78 is 10.5. The van der Waals surface area contributed by atoms with E-state index >= 15 is 0 Å². The molecule has 0 bridgehead atoms. The Kier molecular flexibility index (Phi) is 5.93. The quantitative estimate of drug-likeness (QED) is 0.809. The molecule has 2 aromatic rings. The van der Waals surface area contributed by atoms with Crippen LogP contribution in [0.2, 0.25) is 0 Å². The van der Waals surface area contributed by atoms with Gasteiger partial charge < -0.3 is 14.8 Å². The Bertz CT molecular complexity index is 688. The second kappa shape index (κ2) is 7.92. The molecule has 2 rings (SSSR count). The average Bonchev–Trinajstić information content (AvgIpc) is 2.56. The zero-order valence-corrected chi connectivity index (χ0v) is 14.6. The molecule has 0 aliphatic heterocycles. The van der Waals surface area contributed by atoms with Crippen LogP contribution in [0.25, 0.3) is 0 Å². The van der Waals surface area contributed by atoms with Crippen molar-refractivity contribution in [1.82, 2.24) is 0 Å². The van der Waals surface area contributed by atoms with Gasteiger partial charge in [0.25, 0.3) is 0 Å². The maximum atomic E-state index is 12.4. The maximum Gasteiger partial charge on any atom is 0.237 e. The van der Waals surface area contributed by atoms with Gasteiger partial charge >= 0.3 is 0 Å². The van der Waals surface area contributed by atoms with Crippen LogP contribution in [0.5, 0.6) is 11.5 Å². The van der Waals surface area contributed by atoms with Crippen molar-refractivity contribution < 1.29 is 14.3 Å². The van der Waals surface area contributed by atoms with Crippen LogP contribution < -0.4 is 14.8 Å². The van der Waals surface area contributed by atoms with E-state index in [2.05, 4.69) is 5.32 Å². The normalized spacial score (nSPS) is 11.7. The van der Waals surface area contributed by atoms with Crippen LogP contribution in [-0.4, -0.2) is 25.4 Å². The summed E-state index contributed by atoms with van der Waals surface area (Å²) in [7, 11) is 3.20. The van der Waals surface area contributed by atoms with Gasteiger partial charge in [-0.25, -0.2) is 0 Å². The van der Waals surface area contributed by atoms with Gasteiger partial charge in [-0.1, -0.05) is 18.2 Å². The van der Waals surface area contributed by atoms with E-state index in [-0.39, 0.29) is 11.2 Å². The van der Waals surface area contributed by atoms with Crippen molar-refractivity contribution in [2.45, 2.75) is 24.0 Å². The first kappa shape index (κ1) is 17.2. The van der Waals surface area contributed by atoms with Crippen LogP contribution in [0.3, 0.4) is 0 Å². The first-order valence-corrected chi connectivity index (χ1v) is 8.18. The number of rotatable bonds is 6. The highest BCUT2D eigenvalue weighted by molar-refractivity contribution is 8.00. The maximum absolute atomic E-state index is 12.4. The summed E-state index contributed by atoms with van der Waals surface area (Å²) in [5, 5.41) is 2.74. The largest absolute Gasteiger partial charge is 0.493 e. The van der Waals surface area contributed by atoms with Crippen LogP contribution >= 0.6 is 11.8 Å². The molecule has 0 aliphatic rings. The molecule has 0 unspecified atom stereocenters. The highest BCUT2D eigenvalue weighted by atomic mass is 32.2. The van der Waals surface area contributed by atoms with Crippen molar-refractivity contribution >= 4 is 23.4 Å². The van der Waals surface area contributed by atoms with E-state index in [4.69, 9.17) is 9.47 Å². The van der Waals surface area contributed by atoms with Crippen molar-refractivity contribution in [3.8, 4) is 11.5 Å². The molecule has 1 N–H and O–H groups in total. The van der Waals surface area contributed by atoms with E-state index in [0.29, 0.717) is 11.5 Å². The molecule has 0 saturated carbocycles. The first-order valence-electron chi connectivity index (χ1n) is 7.30. The molecule has 0 spiro atoms. The van der Waals surface area contributed by atoms with Crippen LogP contribution in [0.15, 0.2) is 47.4 Å². The van der Waals surface area contributed by atoms with Crippen molar-refractivity contribution in [3.63, 3.8) is 0 Å². The van der Waals surface area contributed by atoms with Crippen molar-refractivity contribution in [2.24, 2.45) is 0 Å². The summed E-state index contributed by atoms with van der Waals surface area (Å²) in [6.45, 7) is 3.86. The van der Waals surface area contributed by atoms with Gasteiger partial charge in [0.1, 0.15) is 0 Å².